The quantitative estimate of drug-likeness (QED) is 0.360. The minimum absolute atomic E-state index is 0.588. The van der Waals surface area contributed by atoms with Crippen molar-refractivity contribution in [2.75, 3.05) is 24.7 Å². The molecule has 3 rings (SSSR count). The normalized spacial score (nSPS) is 10.6. The third-order valence-electron chi connectivity index (χ3n) is 4.56. The van der Waals surface area contributed by atoms with E-state index < -0.39 is 0 Å². The molecule has 3 aromatic rings. The summed E-state index contributed by atoms with van der Waals surface area (Å²) in [6.07, 6.45) is 4.21. The fourth-order valence-corrected chi connectivity index (χ4v) is 3.07. The van der Waals surface area contributed by atoms with Crippen molar-refractivity contribution < 1.29 is 9.47 Å². The Kier molecular flexibility index (Phi) is 7.19. The topological polar surface area (TPSA) is 70.5 Å². The lowest BCUT2D eigenvalue weighted by molar-refractivity contribution is 0.289. The molecule has 3 aromatic carbocycles. The molecule has 0 saturated carbocycles. The van der Waals surface area contributed by atoms with Gasteiger partial charge in [-0.25, -0.2) is 0 Å². The van der Waals surface area contributed by atoms with Crippen LogP contribution in [0.4, 0.5) is 11.4 Å². The fourth-order valence-electron chi connectivity index (χ4n) is 3.07. The summed E-state index contributed by atoms with van der Waals surface area (Å²) in [6.45, 7) is 1.38. The number of rotatable bonds is 10. The van der Waals surface area contributed by atoms with Crippen LogP contribution < -0.4 is 20.9 Å². The molecule has 0 radical (unpaired) electrons. The van der Waals surface area contributed by atoms with E-state index in [9.17, 15) is 0 Å². The van der Waals surface area contributed by atoms with E-state index >= 15 is 0 Å². The van der Waals surface area contributed by atoms with Crippen molar-refractivity contribution in [3.63, 3.8) is 0 Å². The van der Waals surface area contributed by atoms with Crippen molar-refractivity contribution in [1.82, 2.24) is 0 Å². The summed E-state index contributed by atoms with van der Waals surface area (Å²) in [6, 6.07) is 23.9. The molecule has 0 saturated heterocycles. The molecular weight excluding hydrogens is 348 g/mol. The van der Waals surface area contributed by atoms with E-state index in [1.165, 1.54) is 5.56 Å². The van der Waals surface area contributed by atoms with Crippen molar-refractivity contribution in [2.24, 2.45) is 0 Å². The Balaban J connectivity index is 1.35. The molecule has 0 aliphatic carbocycles. The van der Waals surface area contributed by atoms with Crippen LogP contribution >= 0.6 is 0 Å². The highest BCUT2D eigenvalue weighted by Crippen LogP contribution is 2.29. The lowest BCUT2D eigenvalue weighted by atomic mass is 10.1. The molecule has 28 heavy (non-hydrogen) atoms. The van der Waals surface area contributed by atoms with Crippen molar-refractivity contribution >= 4 is 11.4 Å². The zero-order valence-electron chi connectivity index (χ0n) is 16.1. The van der Waals surface area contributed by atoms with Crippen molar-refractivity contribution in [3.05, 3.63) is 72.8 Å². The molecule has 0 atom stereocenters. The predicted octanol–water partition coefficient (Wildman–Crippen LogP) is 5.54. The van der Waals surface area contributed by atoms with Crippen LogP contribution in [0.2, 0.25) is 0 Å². The maximum atomic E-state index is 6.03. The number of hydrogen-bond acceptors (Lipinski definition) is 4. The third-order valence-corrected chi connectivity index (χ3v) is 4.56. The van der Waals surface area contributed by atoms with Gasteiger partial charge in [-0.3, -0.25) is 0 Å². The minimum atomic E-state index is 0.588. The Morgan fingerprint density at radius 1 is 0.607 bits per heavy atom. The summed E-state index contributed by atoms with van der Waals surface area (Å²) in [5.41, 5.74) is 15.1. The van der Waals surface area contributed by atoms with Crippen LogP contribution in [0.25, 0.3) is 11.1 Å². The Morgan fingerprint density at radius 2 is 1.25 bits per heavy atom. The van der Waals surface area contributed by atoms with E-state index in [1.807, 2.05) is 42.5 Å². The highest BCUT2D eigenvalue weighted by molar-refractivity contribution is 5.70. The van der Waals surface area contributed by atoms with Gasteiger partial charge in [-0.05, 0) is 55.5 Å². The molecule has 0 aliphatic rings. The highest BCUT2D eigenvalue weighted by atomic mass is 16.5. The number of unbranched alkanes of at least 4 members (excludes halogenated alkanes) is 3. The SMILES string of the molecule is Nc1ccc(OCCCCCCOc2ccccc2-c2ccccc2)c(N)c1. The van der Waals surface area contributed by atoms with E-state index in [0.717, 1.165) is 43.6 Å². The lowest BCUT2D eigenvalue weighted by Gasteiger charge is -2.12. The van der Waals surface area contributed by atoms with E-state index in [0.29, 0.717) is 23.7 Å². The van der Waals surface area contributed by atoms with E-state index in [2.05, 4.69) is 18.2 Å². The molecule has 0 aromatic heterocycles. The van der Waals surface area contributed by atoms with Gasteiger partial charge in [0.05, 0.1) is 18.9 Å². The van der Waals surface area contributed by atoms with Crippen molar-refractivity contribution in [2.45, 2.75) is 25.7 Å². The van der Waals surface area contributed by atoms with Gasteiger partial charge in [0.2, 0.25) is 0 Å². The summed E-state index contributed by atoms with van der Waals surface area (Å²) in [4.78, 5) is 0. The Morgan fingerprint density at radius 3 is 1.96 bits per heavy atom. The average molecular weight is 377 g/mol. The molecule has 4 heteroatoms. The van der Waals surface area contributed by atoms with Crippen LogP contribution in [0.5, 0.6) is 11.5 Å². The smallest absolute Gasteiger partial charge is 0.142 e. The number of ether oxygens (including phenoxy) is 2. The summed E-state index contributed by atoms with van der Waals surface area (Å²) in [5, 5.41) is 0. The molecule has 0 amide bonds. The van der Waals surface area contributed by atoms with E-state index in [-0.39, 0.29) is 0 Å². The molecule has 0 unspecified atom stereocenters. The van der Waals surface area contributed by atoms with Gasteiger partial charge in [-0.2, -0.15) is 0 Å². The predicted molar refractivity (Wildman–Crippen MR) is 117 cm³/mol. The first-order valence-electron chi connectivity index (χ1n) is 9.79. The second-order valence-corrected chi connectivity index (χ2v) is 6.77. The second kappa shape index (κ2) is 10.3. The van der Waals surface area contributed by atoms with Crippen LogP contribution in [0, 0.1) is 0 Å². The Labute approximate surface area is 167 Å². The third kappa shape index (κ3) is 5.68. The number of nitrogens with two attached hydrogens (primary N) is 2. The molecule has 4 nitrogen and oxygen atoms in total. The second-order valence-electron chi connectivity index (χ2n) is 6.77. The van der Waals surface area contributed by atoms with Crippen LogP contribution in [-0.4, -0.2) is 13.2 Å². The van der Waals surface area contributed by atoms with Gasteiger partial charge in [0.15, 0.2) is 0 Å². The van der Waals surface area contributed by atoms with Gasteiger partial charge in [-0.15, -0.1) is 0 Å². The zero-order valence-corrected chi connectivity index (χ0v) is 16.1. The number of benzene rings is 3. The number of para-hydroxylation sites is 1. The van der Waals surface area contributed by atoms with Gasteiger partial charge in [0.25, 0.3) is 0 Å². The molecular formula is C24H28N2O2. The molecule has 0 fully saturated rings. The number of hydrogen-bond donors (Lipinski definition) is 2. The number of nitrogen functional groups attached to an aromatic ring is 2. The highest BCUT2D eigenvalue weighted by Gasteiger charge is 2.05. The van der Waals surface area contributed by atoms with E-state index in [4.69, 9.17) is 20.9 Å². The van der Waals surface area contributed by atoms with Gasteiger partial charge >= 0.3 is 0 Å². The van der Waals surface area contributed by atoms with Crippen LogP contribution in [0.3, 0.4) is 0 Å². The summed E-state index contributed by atoms with van der Waals surface area (Å²) < 4.78 is 11.8. The maximum Gasteiger partial charge on any atom is 0.142 e. The summed E-state index contributed by atoms with van der Waals surface area (Å²) >= 11 is 0. The Bertz CT molecular complexity index is 865. The van der Waals surface area contributed by atoms with E-state index in [1.54, 1.807) is 12.1 Å². The van der Waals surface area contributed by atoms with Crippen molar-refractivity contribution in [3.8, 4) is 22.6 Å². The zero-order chi connectivity index (χ0) is 19.6. The first-order chi connectivity index (χ1) is 13.7. The van der Waals surface area contributed by atoms with Crippen LogP contribution in [0.1, 0.15) is 25.7 Å². The van der Waals surface area contributed by atoms with Crippen molar-refractivity contribution in [1.29, 1.82) is 0 Å². The summed E-state index contributed by atoms with van der Waals surface area (Å²) in [7, 11) is 0. The fraction of sp³-hybridized carbons (Fsp3) is 0.250. The molecule has 0 heterocycles. The largest absolute Gasteiger partial charge is 0.493 e. The van der Waals surface area contributed by atoms with Crippen LogP contribution in [0.15, 0.2) is 72.8 Å². The first kappa shape index (κ1) is 19.6. The summed E-state index contributed by atoms with van der Waals surface area (Å²) in [5.74, 6) is 1.64. The standard InChI is InChI=1S/C24H28N2O2/c25-20-14-15-24(22(26)18-20)28-17-9-2-1-8-16-27-23-13-7-6-12-21(23)19-10-4-3-5-11-19/h3-7,10-15,18H,1-2,8-9,16-17,25-26H2. The molecule has 0 bridgehead atoms. The molecule has 4 N–H and O–H groups in total. The van der Waals surface area contributed by atoms with Gasteiger partial charge in [-0.1, -0.05) is 48.5 Å². The maximum absolute atomic E-state index is 6.03. The lowest BCUT2D eigenvalue weighted by Crippen LogP contribution is -2.02. The van der Waals surface area contributed by atoms with Gasteiger partial charge < -0.3 is 20.9 Å². The minimum Gasteiger partial charge on any atom is -0.493 e. The average Bonchev–Trinajstić information content (AvgIpc) is 2.72. The van der Waals surface area contributed by atoms with Crippen LogP contribution in [-0.2, 0) is 0 Å². The number of anilines is 2. The Hall–Kier alpha value is -3.14. The van der Waals surface area contributed by atoms with Gasteiger partial charge in [0.1, 0.15) is 11.5 Å². The van der Waals surface area contributed by atoms with Gasteiger partial charge in [0, 0.05) is 11.3 Å². The first-order valence-corrected chi connectivity index (χ1v) is 9.79. The molecule has 146 valence electrons. The molecule has 0 spiro atoms. The monoisotopic (exact) mass is 376 g/mol. The molecule has 0 aliphatic heterocycles.